The summed E-state index contributed by atoms with van der Waals surface area (Å²) in [6.45, 7) is 2.00. The van der Waals surface area contributed by atoms with Gasteiger partial charge in [0.2, 0.25) is 0 Å². The van der Waals surface area contributed by atoms with Gasteiger partial charge in [-0.15, -0.1) is 0 Å². The lowest BCUT2D eigenvalue weighted by molar-refractivity contribution is -0.133. The second-order valence-corrected chi connectivity index (χ2v) is 7.02. The molecule has 3 aromatic rings. The van der Waals surface area contributed by atoms with E-state index in [0.717, 1.165) is 17.3 Å². The molecule has 0 radical (unpaired) electrons. The number of hydrogen-bond acceptors (Lipinski definition) is 4. The molecule has 164 valence electrons. The summed E-state index contributed by atoms with van der Waals surface area (Å²) in [6, 6.07) is 20.4. The number of nitrogens with one attached hydrogen (secondary N) is 2. The SMILES string of the molecule is CCO[C@H](C(=O)NCc1ccc(C#N)cc1)c1c(F)ccc(CNc2ccccc2)c1F. The average molecular weight is 435 g/mol. The molecule has 0 saturated heterocycles. The first-order chi connectivity index (χ1) is 15.5. The Morgan fingerprint density at radius 3 is 2.41 bits per heavy atom. The van der Waals surface area contributed by atoms with Crippen LogP contribution in [0.15, 0.2) is 66.7 Å². The topological polar surface area (TPSA) is 74.1 Å². The van der Waals surface area contributed by atoms with E-state index >= 15 is 4.39 Å². The molecule has 0 aliphatic rings. The fourth-order valence-electron chi connectivity index (χ4n) is 3.18. The van der Waals surface area contributed by atoms with Crippen LogP contribution >= 0.6 is 0 Å². The maximum absolute atomic E-state index is 15.2. The summed E-state index contributed by atoms with van der Waals surface area (Å²) < 4.78 is 35.3. The number of ether oxygens (including phenoxy) is 1. The van der Waals surface area contributed by atoms with Crippen LogP contribution in [-0.4, -0.2) is 12.5 Å². The highest BCUT2D eigenvalue weighted by atomic mass is 19.1. The van der Waals surface area contributed by atoms with E-state index in [-0.39, 0.29) is 25.3 Å². The number of amides is 1. The van der Waals surface area contributed by atoms with Crippen LogP contribution in [0.2, 0.25) is 0 Å². The predicted octanol–water partition coefficient (Wildman–Crippen LogP) is 4.84. The summed E-state index contributed by atoms with van der Waals surface area (Å²) in [5, 5.41) is 14.6. The number of nitrogens with zero attached hydrogens (tertiary/aromatic N) is 1. The Labute approximate surface area is 185 Å². The second kappa shape index (κ2) is 11.0. The van der Waals surface area contributed by atoms with Gasteiger partial charge in [0.05, 0.1) is 17.2 Å². The van der Waals surface area contributed by atoms with Crippen LogP contribution in [0.25, 0.3) is 0 Å². The summed E-state index contributed by atoms with van der Waals surface area (Å²) >= 11 is 0. The zero-order valence-electron chi connectivity index (χ0n) is 17.6. The molecule has 1 atom stereocenters. The molecule has 1 amide bonds. The molecule has 0 aromatic heterocycles. The van der Waals surface area contributed by atoms with Crippen molar-refractivity contribution in [2.75, 3.05) is 11.9 Å². The molecule has 0 unspecified atom stereocenters. The number of anilines is 1. The summed E-state index contributed by atoms with van der Waals surface area (Å²) in [4.78, 5) is 12.8. The quantitative estimate of drug-likeness (QED) is 0.504. The summed E-state index contributed by atoms with van der Waals surface area (Å²) in [6.07, 6.45) is -1.44. The first-order valence-corrected chi connectivity index (χ1v) is 10.2. The normalized spacial score (nSPS) is 11.4. The maximum Gasteiger partial charge on any atom is 0.254 e. The van der Waals surface area contributed by atoms with Gasteiger partial charge >= 0.3 is 0 Å². The number of nitriles is 1. The first-order valence-electron chi connectivity index (χ1n) is 10.2. The molecular weight excluding hydrogens is 412 g/mol. The minimum absolute atomic E-state index is 0.0975. The third kappa shape index (κ3) is 5.68. The van der Waals surface area contributed by atoms with E-state index in [1.807, 2.05) is 36.4 Å². The molecule has 0 bridgehead atoms. The smallest absolute Gasteiger partial charge is 0.254 e. The molecule has 5 nitrogen and oxygen atoms in total. The van der Waals surface area contributed by atoms with Gasteiger partial charge in [-0.3, -0.25) is 4.79 Å². The molecule has 3 rings (SSSR count). The Bertz CT molecular complexity index is 1100. The van der Waals surface area contributed by atoms with Crippen LogP contribution in [0.5, 0.6) is 0 Å². The highest BCUT2D eigenvalue weighted by Crippen LogP contribution is 2.27. The summed E-state index contributed by atoms with van der Waals surface area (Å²) in [5.74, 6) is -2.32. The van der Waals surface area contributed by atoms with Crippen molar-refractivity contribution in [3.63, 3.8) is 0 Å². The second-order valence-electron chi connectivity index (χ2n) is 7.02. The lowest BCUT2D eigenvalue weighted by Gasteiger charge is -2.20. The number of hydrogen-bond donors (Lipinski definition) is 2. The van der Waals surface area contributed by atoms with Crippen LogP contribution in [0.3, 0.4) is 0 Å². The van der Waals surface area contributed by atoms with Crippen molar-refractivity contribution >= 4 is 11.6 Å². The molecular formula is C25H23F2N3O2. The van der Waals surface area contributed by atoms with E-state index in [0.29, 0.717) is 5.56 Å². The highest BCUT2D eigenvalue weighted by Gasteiger charge is 2.29. The van der Waals surface area contributed by atoms with Crippen molar-refractivity contribution in [3.05, 3.63) is 101 Å². The van der Waals surface area contributed by atoms with E-state index in [1.165, 1.54) is 6.07 Å². The fraction of sp³-hybridized carbons (Fsp3) is 0.200. The number of para-hydroxylation sites is 1. The summed E-state index contributed by atoms with van der Waals surface area (Å²) in [7, 11) is 0. The number of carbonyl (C=O) groups is 1. The molecule has 32 heavy (non-hydrogen) atoms. The zero-order chi connectivity index (χ0) is 22.9. The largest absolute Gasteiger partial charge is 0.381 e. The Kier molecular flexibility index (Phi) is 7.90. The first kappa shape index (κ1) is 22.9. The Morgan fingerprint density at radius 2 is 1.75 bits per heavy atom. The van der Waals surface area contributed by atoms with Gasteiger partial charge in [-0.05, 0) is 42.8 Å². The van der Waals surface area contributed by atoms with Gasteiger partial charge in [-0.25, -0.2) is 8.78 Å². The van der Waals surface area contributed by atoms with Crippen LogP contribution < -0.4 is 10.6 Å². The molecule has 0 aliphatic carbocycles. The Balaban J connectivity index is 1.77. The van der Waals surface area contributed by atoms with Gasteiger partial charge in [0.15, 0.2) is 6.10 Å². The highest BCUT2D eigenvalue weighted by molar-refractivity contribution is 5.82. The van der Waals surface area contributed by atoms with Crippen molar-refractivity contribution in [1.29, 1.82) is 5.26 Å². The minimum Gasteiger partial charge on any atom is -0.381 e. The summed E-state index contributed by atoms with van der Waals surface area (Å²) in [5.41, 5.74) is 1.83. The number of carbonyl (C=O) groups excluding carboxylic acids is 1. The van der Waals surface area contributed by atoms with Crippen LogP contribution in [0.4, 0.5) is 14.5 Å². The third-order valence-electron chi connectivity index (χ3n) is 4.85. The Morgan fingerprint density at radius 1 is 1.03 bits per heavy atom. The van der Waals surface area contributed by atoms with Crippen LogP contribution in [-0.2, 0) is 22.6 Å². The molecule has 0 heterocycles. The Hall–Kier alpha value is -3.76. The van der Waals surface area contributed by atoms with Crippen molar-refractivity contribution in [1.82, 2.24) is 5.32 Å². The van der Waals surface area contributed by atoms with E-state index < -0.39 is 29.2 Å². The monoisotopic (exact) mass is 435 g/mol. The molecule has 7 heteroatoms. The number of rotatable bonds is 9. The van der Waals surface area contributed by atoms with Gasteiger partial charge in [0.25, 0.3) is 5.91 Å². The zero-order valence-corrected chi connectivity index (χ0v) is 17.6. The van der Waals surface area contributed by atoms with Crippen LogP contribution in [0.1, 0.15) is 35.3 Å². The number of benzene rings is 3. The van der Waals surface area contributed by atoms with E-state index in [2.05, 4.69) is 10.6 Å². The fourth-order valence-corrected chi connectivity index (χ4v) is 3.18. The van der Waals surface area contributed by atoms with Gasteiger partial charge in [0.1, 0.15) is 11.6 Å². The van der Waals surface area contributed by atoms with Crippen LogP contribution in [0, 0.1) is 23.0 Å². The standard InChI is InChI=1S/C25H23F2N3O2/c1-2-32-24(25(31)30-15-18-10-8-17(14-28)9-11-18)22-21(26)13-12-19(23(22)27)16-29-20-6-4-3-5-7-20/h3-13,24,29H,2,15-16H2,1H3,(H,30,31)/t24-/m0/s1. The lowest BCUT2D eigenvalue weighted by atomic mass is 10.0. The van der Waals surface area contributed by atoms with Gasteiger partial charge < -0.3 is 15.4 Å². The van der Waals surface area contributed by atoms with Crippen molar-refractivity contribution in [2.24, 2.45) is 0 Å². The minimum atomic E-state index is -1.44. The van der Waals surface area contributed by atoms with Crippen molar-refractivity contribution in [3.8, 4) is 6.07 Å². The molecule has 2 N–H and O–H groups in total. The molecule has 0 fully saturated rings. The number of halogens is 2. The third-order valence-corrected chi connectivity index (χ3v) is 4.85. The van der Waals surface area contributed by atoms with Gasteiger partial charge in [0, 0.05) is 30.9 Å². The molecule has 0 saturated carbocycles. The molecule has 0 spiro atoms. The predicted molar refractivity (Wildman–Crippen MR) is 117 cm³/mol. The average Bonchev–Trinajstić information content (AvgIpc) is 2.82. The molecule has 0 aliphatic heterocycles. The maximum atomic E-state index is 15.2. The van der Waals surface area contributed by atoms with Gasteiger partial charge in [-0.2, -0.15) is 5.26 Å². The van der Waals surface area contributed by atoms with E-state index in [1.54, 1.807) is 31.2 Å². The molecule has 3 aromatic carbocycles. The lowest BCUT2D eigenvalue weighted by Crippen LogP contribution is -2.32. The van der Waals surface area contributed by atoms with E-state index in [9.17, 15) is 9.18 Å². The van der Waals surface area contributed by atoms with Crippen molar-refractivity contribution in [2.45, 2.75) is 26.1 Å². The van der Waals surface area contributed by atoms with E-state index in [4.69, 9.17) is 10.00 Å². The van der Waals surface area contributed by atoms with Crippen molar-refractivity contribution < 1.29 is 18.3 Å². The van der Waals surface area contributed by atoms with Gasteiger partial charge in [-0.1, -0.05) is 36.4 Å².